The molecule has 0 aromatic carbocycles. The van der Waals surface area contributed by atoms with Crippen molar-refractivity contribution in [2.24, 2.45) is 0 Å². The lowest BCUT2D eigenvalue weighted by molar-refractivity contribution is 0.139. The first-order valence-corrected chi connectivity index (χ1v) is 3.57. The van der Waals surface area contributed by atoms with E-state index in [-0.39, 0.29) is 5.82 Å². The number of halogens is 2. The van der Waals surface area contributed by atoms with Gasteiger partial charge in [-0.15, -0.1) is 10.2 Å². The Kier molecular flexibility index (Phi) is 1.61. The van der Waals surface area contributed by atoms with Crippen LogP contribution >= 0.6 is 0 Å². The molecule has 0 bridgehead atoms. The van der Waals surface area contributed by atoms with E-state index in [1.165, 1.54) is 16.7 Å². The lowest BCUT2D eigenvalue weighted by Gasteiger charge is -1.98. The Morgan fingerprint density at radius 3 is 2.77 bits per heavy atom. The molecule has 0 amide bonds. The Hall–Kier alpha value is -1.72. The average Bonchev–Trinajstić information content (AvgIpc) is 2.46. The van der Waals surface area contributed by atoms with Crippen molar-refractivity contribution in [2.75, 3.05) is 5.73 Å². The standard InChI is InChI=1S/C7H6F2N4/c8-6(9)7-12-11-5-2-1-4(10)3-13(5)7/h1-3,6H,10H2. The maximum Gasteiger partial charge on any atom is 0.297 e. The molecule has 4 nitrogen and oxygen atoms in total. The van der Waals surface area contributed by atoms with Gasteiger partial charge >= 0.3 is 0 Å². The van der Waals surface area contributed by atoms with Crippen LogP contribution in [-0.4, -0.2) is 14.6 Å². The molecule has 0 saturated carbocycles. The van der Waals surface area contributed by atoms with Crippen molar-refractivity contribution in [3.63, 3.8) is 0 Å². The number of nitrogens with two attached hydrogens (primary N) is 1. The van der Waals surface area contributed by atoms with Gasteiger partial charge in [0.25, 0.3) is 6.43 Å². The molecule has 68 valence electrons. The number of hydrogen-bond donors (Lipinski definition) is 1. The van der Waals surface area contributed by atoms with Crippen molar-refractivity contribution in [2.45, 2.75) is 6.43 Å². The summed E-state index contributed by atoms with van der Waals surface area (Å²) >= 11 is 0. The maximum absolute atomic E-state index is 12.3. The van der Waals surface area contributed by atoms with Crippen LogP contribution in [0.2, 0.25) is 0 Å². The fourth-order valence-corrected chi connectivity index (χ4v) is 1.07. The second-order valence-corrected chi connectivity index (χ2v) is 2.55. The molecule has 2 heterocycles. The molecule has 2 rings (SSSR count). The van der Waals surface area contributed by atoms with E-state index >= 15 is 0 Å². The molecule has 6 heteroatoms. The Balaban J connectivity index is 2.71. The first-order valence-electron chi connectivity index (χ1n) is 3.57. The van der Waals surface area contributed by atoms with Crippen molar-refractivity contribution >= 4 is 11.3 Å². The molecule has 13 heavy (non-hydrogen) atoms. The summed E-state index contributed by atoms with van der Waals surface area (Å²) in [6.45, 7) is 0. The predicted octanol–water partition coefficient (Wildman–Crippen LogP) is 1.25. The van der Waals surface area contributed by atoms with Crippen LogP contribution in [-0.2, 0) is 0 Å². The van der Waals surface area contributed by atoms with E-state index in [0.717, 1.165) is 0 Å². The minimum Gasteiger partial charge on any atom is -0.398 e. The Morgan fingerprint density at radius 1 is 1.31 bits per heavy atom. The Labute approximate surface area is 72.0 Å². The smallest absolute Gasteiger partial charge is 0.297 e. The number of anilines is 1. The van der Waals surface area contributed by atoms with E-state index < -0.39 is 6.43 Å². The summed E-state index contributed by atoms with van der Waals surface area (Å²) in [5.41, 5.74) is 6.19. The Morgan fingerprint density at radius 2 is 2.08 bits per heavy atom. The number of nitrogens with zero attached hydrogens (tertiary/aromatic N) is 3. The highest BCUT2D eigenvalue weighted by Crippen LogP contribution is 2.18. The van der Waals surface area contributed by atoms with Crippen molar-refractivity contribution in [3.8, 4) is 0 Å². The molecule has 2 aromatic rings. The normalized spacial score (nSPS) is 11.3. The minimum atomic E-state index is -2.64. The van der Waals surface area contributed by atoms with Gasteiger partial charge < -0.3 is 5.73 Å². The highest BCUT2D eigenvalue weighted by molar-refractivity contribution is 5.47. The second-order valence-electron chi connectivity index (χ2n) is 2.55. The molecule has 2 N–H and O–H groups in total. The van der Waals surface area contributed by atoms with Gasteiger partial charge in [0, 0.05) is 11.9 Å². The fraction of sp³-hybridized carbons (Fsp3) is 0.143. The number of rotatable bonds is 1. The number of pyridine rings is 1. The van der Waals surface area contributed by atoms with E-state index in [0.29, 0.717) is 11.3 Å². The molecule has 2 aromatic heterocycles. The molecule has 0 saturated heterocycles. The highest BCUT2D eigenvalue weighted by Gasteiger charge is 2.14. The molecular formula is C7H6F2N4. The van der Waals surface area contributed by atoms with Crippen LogP contribution in [0.4, 0.5) is 14.5 Å². The third-order valence-electron chi connectivity index (χ3n) is 1.65. The zero-order valence-corrected chi connectivity index (χ0v) is 6.48. The highest BCUT2D eigenvalue weighted by atomic mass is 19.3. The van der Waals surface area contributed by atoms with Crippen LogP contribution in [0, 0.1) is 0 Å². The molecule has 0 aliphatic carbocycles. The third-order valence-corrected chi connectivity index (χ3v) is 1.65. The van der Waals surface area contributed by atoms with Crippen LogP contribution in [0.25, 0.3) is 5.65 Å². The fourth-order valence-electron chi connectivity index (χ4n) is 1.07. The second kappa shape index (κ2) is 2.65. The summed E-state index contributed by atoms with van der Waals surface area (Å²) in [7, 11) is 0. The van der Waals surface area contributed by atoms with Gasteiger partial charge in [0.15, 0.2) is 5.65 Å². The maximum atomic E-state index is 12.3. The SMILES string of the molecule is Nc1ccc2nnc(C(F)F)n2c1. The number of fused-ring (bicyclic) bond motifs is 1. The summed E-state index contributed by atoms with van der Waals surface area (Å²) in [6.07, 6.45) is -1.27. The largest absolute Gasteiger partial charge is 0.398 e. The zero-order chi connectivity index (χ0) is 9.42. The average molecular weight is 184 g/mol. The molecular weight excluding hydrogens is 178 g/mol. The van der Waals surface area contributed by atoms with Gasteiger partial charge in [-0.05, 0) is 12.1 Å². The van der Waals surface area contributed by atoms with E-state index in [9.17, 15) is 8.78 Å². The zero-order valence-electron chi connectivity index (χ0n) is 6.48. The minimum absolute atomic E-state index is 0.365. The van der Waals surface area contributed by atoms with Gasteiger partial charge in [-0.3, -0.25) is 4.40 Å². The number of hydrogen-bond acceptors (Lipinski definition) is 3. The van der Waals surface area contributed by atoms with Crippen molar-refractivity contribution in [3.05, 3.63) is 24.2 Å². The monoisotopic (exact) mass is 184 g/mol. The summed E-state index contributed by atoms with van der Waals surface area (Å²) in [5, 5.41) is 6.90. The van der Waals surface area contributed by atoms with Crippen LogP contribution in [0.1, 0.15) is 12.2 Å². The lowest BCUT2D eigenvalue weighted by Crippen LogP contribution is -1.96. The number of aromatic nitrogens is 3. The molecule has 0 fully saturated rings. The molecule has 0 atom stereocenters. The van der Waals surface area contributed by atoms with Gasteiger partial charge in [-0.2, -0.15) is 0 Å². The molecule has 0 aliphatic rings. The molecule has 0 aliphatic heterocycles. The number of alkyl halides is 2. The molecule has 0 spiro atoms. The van der Waals surface area contributed by atoms with Gasteiger partial charge in [0.2, 0.25) is 5.82 Å². The van der Waals surface area contributed by atoms with E-state index in [4.69, 9.17) is 5.73 Å². The quantitative estimate of drug-likeness (QED) is 0.725. The van der Waals surface area contributed by atoms with Crippen molar-refractivity contribution in [1.82, 2.24) is 14.6 Å². The number of nitrogen functional groups attached to an aromatic ring is 1. The lowest BCUT2D eigenvalue weighted by atomic mass is 10.4. The van der Waals surface area contributed by atoms with Crippen LogP contribution in [0.3, 0.4) is 0 Å². The van der Waals surface area contributed by atoms with Gasteiger partial charge in [0.1, 0.15) is 0 Å². The summed E-state index contributed by atoms with van der Waals surface area (Å²) < 4.78 is 25.8. The topological polar surface area (TPSA) is 56.2 Å². The van der Waals surface area contributed by atoms with Gasteiger partial charge in [-0.1, -0.05) is 0 Å². The van der Waals surface area contributed by atoms with Crippen molar-refractivity contribution in [1.29, 1.82) is 0 Å². The van der Waals surface area contributed by atoms with Gasteiger partial charge in [0.05, 0.1) is 0 Å². The summed E-state index contributed by atoms with van der Waals surface area (Å²) in [6, 6.07) is 3.12. The van der Waals surface area contributed by atoms with Crippen molar-refractivity contribution < 1.29 is 8.78 Å². The van der Waals surface area contributed by atoms with E-state index in [1.807, 2.05) is 0 Å². The van der Waals surface area contributed by atoms with E-state index in [2.05, 4.69) is 10.2 Å². The van der Waals surface area contributed by atoms with Crippen LogP contribution in [0.5, 0.6) is 0 Å². The van der Waals surface area contributed by atoms with Crippen LogP contribution in [0.15, 0.2) is 18.3 Å². The first-order chi connectivity index (χ1) is 6.18. The van der Waals surface area contributed by atoms with E-state index in [1.54, 1.807) is 6.07 Å². The third kappa shape index (κ3) is 1.20. The molecule has 0 radical (unpaired) electrons. The summed E-state index contributed by atoms with van der Waals surface area (Å²) in [5.74, 6) is -0.387. The molecule has 0 unspecified atom stereocenters. The predicted molar refractivity (Wildman–Crippen MR) is 42.4 cm³/mol. The Bertz CT molecular complexity index is 437. The van der Waals surface area contributed by atoms with Crippen LogP contribution < -0.4 is 5.73 Å². The summed E-state index contributed by atoms with van der Waals surface area (Å²) in [4.78, 5) is 0. The first kappa shape index (κ1) is 7.90. The van der Waals surface area contributed by atoms with Gasteiger partial charge in [-0.25, -0.2) is 8.78 Å².